The van der Waals surface area contributed by atoms with Crippen LogP contribution in [0.2, 0.25) is 0 Å². The van der Waals surface area contributed by atoms with Crippen molar-refractivity contribution >= 4 is 6.16 Å². The highest BCUT2D eigenvalue weighted by molar-refractivity contribution is 5.58. The Bertz CT molecular complexity index is 149. The van der Waals surface area contributed by atoms with Gasteiger partial charge in [-0.1, -0.05) is 19.8 Å². The third-order valence-electron chi connectivity index (χ3n) is 1.61. The Morgan fingerprint density at radius 2 is 1.87 bits per heavy atom. The van der Waals surface area contributed by atoms with Gasteiger partial charge >= 0.3 is 6.16 Å². The first kappa shape index (κ1) is 14.2. The maximum atomic E-state index is 10.8. The van der Waals surface area contributed by atoms with Gasteiger partial charge in [0.1, 0.15) is 6.61 Å². The molecule has 0 saturated carbocycles. The molecule has 0 fully saturated rings. The van der Waals surface area contributed by atoms with E-state index in [1.54, 1.807) is 0 Å². The van der Waals surface area contributed by atoms with E-state index in [9.17, 15) is 4.79 Å². The Balaban J connectivity index is 3.11. The Hall–Kier alpha value is -0.810. The van der Waals surface area contributed by atoms with Crippen molar-refractivity contribution in [2.24, 2.45) is 0 Å². The first-order valence-corrected chi connectivity index (χ1v) is 5.35. The highest BCUT2D eigenvalue weighted by Gasteiger charge is 2.03. The molecule has 0 atom stereocenters. The number of ether oxygens (including phenoxy) is 2. The maximum Gasteiger partial charge on any atom is 0.540 e. The van der Waals surface area contributed by atoms with E-state index in [4.69, 9.17) is 4.74 Å². The summed E-state index contributed by atoms with van der Waals surface area (Å²) in [5.41, 5.74) is 0. The van der Waals surface area contributed by atoms with Crippen LogP contribution in [0.25, 0.3) is 0 Å². The normalized spacial score (nSPS) is 10.0. The minimum atomic E-state index is -0.814. The minimum absolute atomic E-state index is 0.186. The molecule has 90 valence electrons. The molecule has 0 unspecified atom stereocenters. The lowest BCUT2D eigenvalue weighted by atomic mass is 10.3. The fourth-order valence-electron chi connectivity index (χ4n) is 0.853. The smallest absolute Gasteiger partial charge is 0.430 e. The molecule has 0 rings (SSSR count). The third-order valence-corrected chi connectivity index (χ3v) is 1.61. The highest BCUT2D eigenvalue weighted by atomic mass is 17.2. The van der Waals surface area contributed by atoms with Crippen molar-refractivity contribution in [2.75, 3.05) is 26.4 Å². The molecule has 5 heteroatoms. The van der Waals surface area contributed by atoms with Crippen LogP contribution in [-0.2, 0) is 19.2 Å². The first-order chi connectivity index (χ1) is 7.31. The first-order valence-electron chi connectivity index (χ1n) is 5.35. The van der Waals surface area contributed by atoms with Gasteiger partial charge in [-0.15, -0.1) is 0 Å². The van der Waals surface area contributed by atoms with Crippen LogP contribution >= 0.6 is 0 Å². The molecule has 0 amide bonds. The molecule has 0 bridgehead atoms. The van der Waals surface area contributed by atoms with Gasteiger partial charge in [0.2, 0.25) is 0 Å². The van der Waals surface area contributed by atoms with Crippen molar-refractivity contribution in [1.82, 2.24) is 0 Å². The molecule has 0 saturated heterocycles. The van der Waals surface area contributed by atoms with Crippen LogP contribution in [0, 0.1) is 0 Å². The van der Waals surface area contributed by atoms with Crippen LogP contribution in [0.4, 0.5) is 4.79 Å². The summed E-state index contributed by atoms with van der Waals surface area (Å²) in [6.07, 6.45) is 2.22. The predicted molar refractivity (Wildman–Crippen MR) is 54.4 cm³/mol. The Morgan fingerprint density at radius 1 is 1.07 bits per heavy atom. The van der Waals surface area contributed by atoms with E-state index in [2.05, 4.69) is 21.4 Å². The molecule has 0 N–H and O–H groups in total. The van der Waals surface area contributed by atoms with Crippen molar-refractivity contribution < 1.29 is 24.0 Å². The van der Waals surface area contributed by atoms with E-state index >= 15 is 0 Å². The second kappa shape index (κ2) is 11.3. The lowest BCUT2D eigenvalue weighted by Crippen LogP contribution is -2.12. The number of hydrogen-bond acceptors (Lipinski definition) is 5. The maximum absolute atomic E-state index is 10.8. The van der Waals surface area contributed by atoms with Gasteiger partial charge in [0.15, 0.2) is 0 Å². The average molecular weight is 220 g/mol. The van der Waals surface area contributed by atoms with Gasteiger partial charge in [0, 0.05) is 6.61 Å². The van der Waals surface area contributed by atoms with Crippen molar-refractivity contribution in [3.05, 3.63) is 0 Å². The Kier molecular flexibility index (Phi) is 10.7. The summed E-state index contributed by atoms with van der Waals surface area (Å²) in [6.45, 7) is 5.53. The molecule has 0 aromatic carbocycles. The monoisotopic (exact) mass is 220 g/mol. The summed E-state index contributed by atoms with van der Waals surface area (Å²) >= 11 is 0. The van der Waals surface area contributed by atoms with E-state index in [1.807, 2.05) is 6.92 Å². The zero-order valence-corrected chi connectivity index (χ0v) is 9.49. The number of unbranched alkanes of at least 4 members (excludes halogenated alkanes) is 2. The summed E-state index contributed by atoms with van der Waals surface area (Å²) < 4.78 is 9.61. The molecular formula is C10H20O5. The predicted octanol–water partition coefficient (Wildman–Crippen LogP) is 2.30. The molecule has 15 heavy (non-hydrogen) atoms. The zero-order valence-electron chi connectivity index (χ0n) is 9.49. The second-order valence-corrected chi connectivity index (χ2v) is 2.91. The summed E-state index contributed by atoms with van der Waals surface area (Å²) in [7, 11) is 0. The molecule has 0 heterocycles. The van der Waals surface area contributed by atoms with E-state index in [0.717, 1.165) is 19.3 Å². The SMILES string of the molecule is CCCCCOOC(=O)OCCOCC. The van der Waals surface area contributed by atoms with Crippen LogP contribution in [0.1, 0.15) is 33.1 Å². The highest BCUT2D eigenvalue weighted by Crippen LogP contribution is 1.95. The van der Waals surface area contributed by atoms with Crippen molar-refractivity contribution in [1.29, 1.82) is 0 Å². The minimum Gasteiger partial charge on any atom is -0.430 e. The van der Waals surface area contributed by atoms with Gasteiger partial charge in [-0.3, -0.25) is 4.89 Å². The molecule has 0 aliphatic carbocycles. The third kappa shape index (κ3) is 11.1. The standard InChI is InChI=1S/C10H20O5/c1-3-5-6-7-14-15-10(11)13-9-8-12-4-2/h3-9H2,1-2H3. The summed E-state index contributed by atoms with van der Waals surface area (Å²) in [5, 5.41) is 0. The number of rotatable bonds is 9. The molecule has 0 spiro atoms. The van der Waals surface area contributed by atoms with Gasteiger partial charge in [-0.25, -0.2) is 4.79 Å². The van der Waals surface area contributed by atoms with Crippen LogP contribution < -0.4 is 0 Å². The van der Waals surface area contributed by atoms with Crippen LogP contribution in [0.3, 0.4) is 0 Å². The fraction of sp³-hybridized carbons (Fsp3) is 0.900. The second-order valence-electron chi connectivity index (χ2n) is 2.91. The lowest BCUT2D eigenvalue weighted by Gasteiger charge is -2.04. The topological polar surface area (TPSA) is 54.0 Å². The molecule has 0 aliphatic heterocycles. The average Bonchev–Trinajstić information content (AvgIpc) is 2.24. The molecule has 0 aliphatic rings. The van der Waals surface area contributed by atoms with E-state index in [1.165, 1.54) is 0 Å². The van der Waals surface area contributed by atoms with Crippen LogP contribution in [0.15, 0.2) is 0 Å². The van der Waals surface area contributed by atoms with E-state index in [-0.39, 0.29) is 6.61 Å². The number of carbonyl (C=O) groups excluding carboxylic acids is 1. The fourth-order valence-corrected chi connectivity index (χ4v) is 0.853. The van der Waals surface area contributed by atoms with Gasteiger partial charge < -0.3 is 9.47 Å². The van der Waals surface area contributed by atoms with Crippen molar-refractivity contribution in [3.63, 3.8) is 0 Å². The molecule has 5 nitrogen and oxygen atoms in total. The number of hydrogen-bond donors (Lipinski definition) is 0. The Morgan fingerprint density at radius 3 is 2.53 bits per heavy atom. The summed E-state index contributed by atoms with van der Waals surface area (Å²) in [4.78, 5) is 19.8. The van der Waals surface area contributed by atoms with Crippen LogP contribution in [0.5, 0.6) is 0 Å². The van der Waals surface area contributed by atoms with E-state index < -0.39 is 6.16 Å². The molecule has 0 aromatic rings. The van der Waals surface area contributed by atoms with Crippen molar-refractivity contribution in [3.8, 4) is 0 Å². The van der Waals surface area contributed by atoms with E-state index in [0.29, 0.717) is 19.8 Å². The molecular weight excluding hydrogens is 200 g/mol. The molecule has 0 radical (unpaired) electrons. The van der Waals surface area contributed by atoms with Gasteiger partial charge in [0.25, 0.3) is 0 Å². The Labute approximate surface area is 90.6 Å². The van der Waals surface area contributed by atoms with Gasteiger partial charge in [0.05, 0.1) is 13.2 Å². The zero-order chi connectivity index (χ0) is 11.4. The number of carbonyl (C=O) groups is 1. The van der Waals surface area contributed by atoms with Gasteiger partial charge in [-0.05, 0) is 13.3 Å². The van der Waals surface area contributed by atoms with Gasteiger partial charge in [-0.2, -0.15) is 4.89 Å². The quantitative estimate of drug-likeness (QED) is 0.258. The largest absolute Gasteiger partial charge is 0.540 e. The van der Waals surface area contributed by atoms with Crippen molar-refractivity contribution in [2.45, 2.75) is 33.1 Å². The van der Waals surface area contributed by atoms with Crippen LogP contribution in [-0.4, -0.2) is 32.6 Å². The lowest BCUT2D eigenvalue weighted by molar-refractivity contribution is -0.255. The molecule has 0 aromatic heterocycles. The summed E-state index contributed by atoms with van der Waals surface area (Å²) in [5.74, 6) is 0. The summed E-state index contributed by atoms with van der Waals surface area (Å²) in [6, 6.07) is 0.